The van der Waals surface area contributed by atoms with Crippen LogP contribution in [-0.4, -0.2) is 43.0 Å². The summed E-state index contributed by atoms with van der Waals surface area (Å²) in [4.78, 5) is 16.6. The van der Waals surface area contributed by atoms with Gasteiger partial charge in [-0.3, -0.25) is 4.79 Å². The van der Waals surface area contributed by atoms with Gasteiger partial charge in [0.05, 0.1) is 26.8 Å². The molecule has 150 valence electrons. The molecule has 0 radical (unpaired) electrons. The predicted molar refractivity (Wildman–Crippen MR) is 108 cm³/mol. The van der Waals surface area contributed by atoms with E-state index in [0.717, 1.165) is 17.2 Å². The molecular weight excluding hydrogens is 425 g/mol. The van der Waals surface area contributed by atoms with Crippen LogP contribution in [0.15, 0.2) is 46.5 Å². The number of benzene rings is 1. The highest BCUT2D eigenvalue weighted by Gasteiger charge is 2.32. The number of aromatic nitrogens is 1. The van der Waals surface area contributed by atoms with E-state index >= 15 is 0 Å². The molecule has 28 heavy (non-hydrogen) atoms. The van der Waals surface area contributed by atoms with Gasteiger partial charge in [0.2, 0.25) is 15.9 Å². The molecule has 1 N–H and O–H groups in total. The molecule has 3 rings (SSSR count). The molecule has 10 heteroatoms. The van der Waals surface area contributed by atoms with Gasteiger partial charge < -0.3 is 5.32 Å². The van der Waals surface area contributed by atoms with E-state index in [-0.39, 0.29) is 34.8 Å². The maximum Gasteiger partial charge on any atom is 0.243 e. The number of amides is 1. The van der Waals surface area contributed by atoms with Gasteiger partial charge in [-0.05, 0) is 49.4 Å². The first-order chi connectivity index (χ1) is 13.3. The number of nitrogens with zero attached hydrogens (tertiary/aromatic N) is 2. The Bertz CT molecular complexity index is 963. The zero-order valence-corrected chi connectivity index (χ0v) is 17.5. The average Bonchev–Trinajstić information content (AvgIpc) is 2.70. The second kappa shape index (κ2) is 8.77. The fraction of sp³-hybridized carbons (Fsp3) is 0.333. The average molecular weight is 444 g/mol. The van der Waals surface area contributed by atoms with E-state index in [1.54, 1.807) is 12.3 Å². The monoisotopic (exact) mass is 443 g/mol. The molecule has 1 aliphatic heterocycles. The summed E-state index contributed by atoms with van der Waals surface area (Å²) in [7, 11) is -3.78. The first-order valence-corrected chi connectivity index (χ1v) is 11.6. The number of rotatable bonds is 5. The molecule has 0 aliphatic carbocycles. The minimum atomic E-state index is -3.78. The molecule has 0 bridgehead atoms. The number of sulfonamides is 1. The number of anilines is 1. The van der Waals surface area contributed by atoms with E-state index in [2.05, 4.69) is 10.3 Å². The fourth-order valence-corrected chi connectivity index (χ4v) is 5.07. The SMILES string of the molecule is CSc1ccc(NC(=O)C2CCN(S(=O)(=O)c3ccc(F)c(Cl)c3)CC2)cn1. The minimum absolute atomic E-state index is 0.0539. The Morgan fingerprint density at radius 3 is 2.57 bits per heavy atom. The lowest BCUT2D eigenvalue weighted by atomic mass is 9.97. The smallest absolute Gasteiger partial charge is 0.243 e. The lowest BCUT2D eigenvalue weighted by molar-refractivity contribution is -0.120. The second-order valence-electron chi connectivity index (χ2n) is 6.33. The van der Waals surface area contributed by atoms with Gasteiger partial charge >= 0.3 is 0 Å². The molecule has 1 saturated heterocycles. The van der Waals surface area contributed by atoms with Crippen LogP contribution in [0.25, 0.3) is 0 Å². The number of hydrogen-bond donors (Lipinski definition) is 1. The van der Waals surface area contributed by atoms with Gasteiger partial charge in [0.15, 0.2) is 0 Å². The third-order valence-electron chi connectivity index (χ3n) is 4.57. The summed E-state index contributed by atoms with van der Waals surface area (Å²) < 4.78 is 40.0. The van der Waals surface area contributed by atoms with E-state index in [4.69, 9.17) is 11.6 Å². The van der Waals surface area contributed by atoms with Crippen LogP contribution < -0.4 is 5.32 Å². The Labute approximate surface area is 172 Å². The number of halogens is 2. The first-order valence-electron chi connectivity index (χ1n) is 8.57. The number of nitrogens with one attached hydrogen (secondary N) is 1. The van der Waals surface area contributed by atoms with Crippen molar-refractivity contribution in [2.75, 3.05) is 24.7 Å². The number of pyridine rings is 1. The molecule has 1 aromatic heterocycles. The van der Waals surface area contributed by atoms with Crippen molar-refractivity contribution in [3.05, 3.63) is 47.4 Å². The van der Waals surface area contributed by atoms with Gasteiger partial charge in [-0.25, -0.2) is 17.8 Å². The second-order valence-corrected chi connectivity index (χ2v) is 9.50. The standard InChI is InChI=1S/C18H19ClFN3O3S2/c1-27-17-5-2-13(11-21-17)22-18(24)12-6-8-23(9-7-12)28(25,26)14-3-4-16(20)15(19)10-14/h2-5,10-12H,6-9H2,1H3,(H,22,24). The van der Waals surface area contributed by atoms with Gasteiger partial charge in [-0.15, -0.1) is 11.8 Å². The molecule has 1 aliphatic rings. The zero-order chi connectivity index (χ0) is 20.3. The number of hydrogen-bond acceptors (Lipinski definition) is 5. The van der Waals surface area contributed by atoms with E-state index < -0.39 is 15.8 Å². The van der Waals surface area contributed by atoms with E-state index in [9.17, 15) is 17.6 Å². The molecule has 2 aromatic rings. The molecule has 2 heterocycles. The number of thioether (sulfide) groups is 1. The Kier molecular flexibility index (Phi) is 6.59. The van der Waals surface area contributed by atoms with Crippen molar-refractivity contribution in [1.82, 2.24) is 9.29 Å². The highest BCUT2D eigenvalue weighted by Crippen LogP contribution is 2.27. The minimum Gasteiger partial charge on any atom is -0.324 e. The molecule has 0 unspecified atom stereocenters. The van der Waals surface area contributed by atoms with E-state index in [1.165, 1.54) is 22.1 Å². The van der Waals surface area contributed by atoms with Crippen LogP contribution in [-0.2, 0) is 14.8 Å². The van der Waals surface area contributed by atoms with Crippen molar-refractivity contribution in [3.63, 3.8) is 0 Å². The van der Waals surface area contributed by atoms with Gasteiger partial charge in [0.25, 0.3) is 0 Å². The molecule has 1 aromatic carbocycles. The van der Waals surface area contributed by atoms with Crippen LogP contribution in [0.3, 0.4) is 0 Å². The quantitative estimate of drug-likeness (QED) is 0.714. The molecule has 6 nitrogen and oxygen atoms in total. The summed E-state index contributed by atoms with van der Waals surface area (Å²) in [6.45, 7) is 0.415. The Hall–Kier alpha value is -1.68. The predicted octanol–water partition coefficient (Wildman–Crippen LogP) is 3.64. The van der Waals surface area contributed by atoms with Crippen LogP contribution >= 0.6 is 23.4 Å². The lowest BCUT2D eigenvalue weighted by Crippen LogP contribution is -2.41. The highest BCUT2D eigenvalue weighted by molar-refractivity contribution is 7.98. The van der Waals surface area contributed by atoms with Crippen LogP contribution in [0.2, 0.25) is 5.02 Å². The molecule has 0 saturated carbocycles. The van der Waals surface area contributed by atoms with Crippen LogP contribution in [0.4, 0.5) is 10.1 Å². The summed E-state index contributed by atoms with van der Waals surface area (Å²) in [6, 6.07) is 6.94. The molecule has 0 atom stereocenters. The largest absolute Gasteiger partial charge is 0.324 e. The van der Waals surface area contributed by atoms with Crippen molar-refractivity contribution >= 4 is 45.0 Å². The number of piperidine rings is 1. The Balaban J connectivity index is 1.61. The normalized spacial score (nSPS) is 16.1. The van der Waals surface area contributed by atoms with Crippen molar-refractivity contribution in [1.29, 1.82) is 0 Å². The maximum absolute atomic E-state index is 13.3. The van der Waals surface area contributed by atoms with Crippen LogP contribution in [0, 0.1) is 11.7 Å². The Morgan fingerprint density at radius 1 is 1.29 bits per heavy atom. The summed E-state index contributed by atoms with van der Waals surface area (Å²) >= 11 is 7.21. The van der Waals surface area contributed by atoms with Crippen LogP contribution in [0.1, 0.15) is 12.8 Å². The zero-order valence-electron chi connectivity index (χ0n) is 15.1. The number of carbonyl (C=O) groups excluding carboxylic acids is 1. The highest BCUT2D eigenvalue weighted by atomic mass is 35.5. The fourth-order valence-electron chi connectivity index (χ4n) is 2.96. The van der Waals surface area contributed by atoms with Gasteiger partial charge in [-0.2, -0.15) is 4.31 Å². The third-order valence-corrected chi connectivity index (χ3v) is 7.41. The van der Waals surface area contributed by atoms with Crippen molar-refractivity contribution < 1.29 is 17.6 Å². The van der Waals surface area contributed by atoms with E-state index in [0.29, 0.717) is 18.5 Å². The van der Waals surface area contributed by atoms with Crippen LogP contribution in [0.5, 0.6) is 0 Å². The molecule has 0 spiro atoms. The molecule has 1 amide bonds. The van der Waals surface area contributed by atoms with Gasteiger partial charge in [0.1, 0.15) is 5.82 Å². The van der Waals surface area contributed by atoms with Crippen molar-refractivity contribution in [3.8, 4) is 0 Å². The number of carbonyl (C=O) groups is 1. The van der Waals surface area contributed by atoms with E-state index in [1.807, 2.05) is 12.3 Å². The summed E-state index contributed by atoms with van der Waals surface area (Å²) in [5.74, 6) is -1.11. The third kappa shape index (κ3) is 4.65. The van der Waals surface area contributed by atoms with Crippen molar-refractivity contribution in [2.45, 2.75) is 22.8 Å². The van der Waals surface area contributed by atoms with Gasteiger partial charge in [0, 0.05) is 19.0 Å². The van der Waals surface area contributed by atoms with Gasteiger partial charge in [-0.1, -0.05) is 11.6 Å². The lowest BCUT2D eigenvalue weighted by Gasteiger charge is -2.30. The molecule has 1 fully saturated rings. The maximum atomic E-state index is 13.3. The summed E-state index contributed by atoms with van der Waals surface area (Å²) in [6.07, 6.45) is 4.32. The summed E-state index contributed by atoms with van der Waals surface area (Å²) in [5.41, 5.74) is 0.610. The van der Waals surface area contributed by atoms with Crippen molar-refractivity contribution in [2.24, 2.45) is 5.92 Å². The topological polar surface area (TPSA) is 79.4 Å². The first kappa shape index (κ1) is 21.0. The Morgan fingerprint density at radius 2 is 2.00 bits per heavy atom. The summed E-state index contributed by atoms with van der Waals surface area (Å²) in [5, 5.41) is 3.44. The molecular formula is C18H19ClFN3O3S2.